The number of hydrogen-bond acceptors (Lipinski definition) is 6. The minimum atomic E-state index is -0.124. The van der Waals surface area contributed by atoms with Crippen LogP contribution in [0.2, 0.25) is 0 Å². The van der Waals surface area contributed by atoms with Crippen molar-refractivity contribution in [2.75, 3.05) is 25.3 Å². The summed E-state index contributed by atoms with van der Waals surface area (Å²) in [5.41, 5.74) is 2.84. The fourth-order valence-electron chi connectivity index (χ4n) is 3.51. The number of hydrogen-bond donors (Lipinski definition) is 1. The highest BCUT2D eigenvalue weighted by molar-refractivity contribution is 8.00. The first-order chi connectivity index (χ1) is 15.0. The highest BCUT2D eigenvalue weighted by atomic mass is 32.2. The average Bonchev–Trinajstić information content (AvgIpc) is 3.09. The minimum absolute atomic E-state index is 0.0388. The molecule has 1 aliphatic heterocycles. The lowest BCUT2D eigenvalue weighted by molar-refractivity contribution is -0.113. The van der Waals surface area contributed by atoms with Crippen LogP contribution in [0.1, 0.15) is 30.4 Å². The van der Waals surface area contributed by atoms with Crippen molar-refractivity contribution in [3.8, 4) is 22.9 Å². The quantitative estimate of drug-likeness (QED) is 0.612. The van der Waals surface area contributed by atoms with E-state index < -0.39 is 0 Å². The molecule has 0 unspecified atom stereocenters. The zero-order valence-electron chi connectivity index (χ0n) is 17.9. The molecule has 8 heteroatoms. The third-order valence-corrected chi connectivity index (χ3v) is 6.15. The second-order valence-electron chi connectivity index (χ2n) is 7.36. The van der Waals surface area contributed by atoms with E-state index in [0.29, 0.717) is 23.1 Å². The second kappa shape index (κ2) is 8.93. The van der Waals surface area contributed by atoms with Gasteiger partial charge in [0.05, 0.1) is 37.0 Å². The second-order valence-corrected chi connectivity index (χ2v) is 8.46. The Hall–Kier alpha value is -3.13. The topological polar surface area (TPSA) is 74.6 Å². The van der Waals surface area contributed by atoms with Crippen LogP contribution in [0.15, 0.2) is 48.8 Å². The molecule has 0 radical (unpaired) electrons. The number of rotatable bonds is 6. The number of carbonyl (C=O) groups is 1. The molecule has 162 valence electrons. The summed E-state index contributed by atoms with van der Waals surface area (Å²) >= 11 is 1.55. The number of fused-ring (bicyclic) bond motifs is 1. The highest BCUT2D eigenvalue weighted by Gasteiger charge is 2.30. The van der Waals surface area contributed by atoms with Crippen molar-refractivity contribution in [2.24, 2.45) is 0 Å². The zero-order chi connectivity index (χ0) is 22.0. The molecule has 0 fully saturated rings. The standard InChI is InChI=1S/C23H25N3O4S/c1-14(2)30-18-10-5-15(11-19(18)29-4)22-21-23(25-20(27)12-31-22)24-13-26(21)16-6-8-17(28-3)9-7-16/h5-11,13-14,22H,12H2,1-4H3,(H,25,27)/t22-/m1/s1. The number of ether oxygens (including phenoxy) is 3. The summed E-state index contributed by atoms with van der Waals surface area (Å²) in [7, 11) is 3.27. The van der Waals surface area contributed by atoms with E-state index in [4.69, 9.17) is 14.2 Å². The molecule has 0 saturated heterocycles. The van der Waals surface area contributed by atoms with Crippen LogP contribution in [0.25, 0.3) is 5.69 Å². The van der Waals surface area contributed by atoms with Gasteiger partial charge in [0.2, 0.25) is 5.91 Å². The number of benzene rings is 2. The molecule has 1 N–H and O–H groups in total. The maximum atomic E-state index is 12.3. The van der Waals surface area contributed by atoms with Crippen molar-refractivity contribution in [2.45, 2.75) is 25.2 Å². The van der Waals surface area contributed by atoms with Gasteiger partial charge in [0.15, 0.2) is 17.3 Å². The third-order valence-electron chi connectivity index (χ3n) is 4.90. The van der Waals surface area contributed by atoms with E-state index in [1.165, 1.54) is 0 Å². The number of carbonyl (C=O) groups excluding carboxylic acids is 1. The zero-order valence-corrected chi connectivity index (χ0v) is 18.7. The molecule has 2 heterocycles. The normalized spacial score (nSPS) is 15.8. The molecule has 1 aliphatic rings. The van der Waals surface area contributed by atoms with Gasteiger partial charge in [-0.15, -0.1) is 11.8 Å². The molecule has 1 aromatic heterocycles. The summed E-state index contributed by atoms with van der Waals surface area (Å²) in [4.78, 5) is 16.8. The lowest BCUT2D eigenvalue weighted by Gasteiger charge is -2.20. The van der Waals surface area contributed by atoms with Crippen LogP contribution < -0.4 is 19.5 Å². The number of nitrogens with zero attached hydrogens (tertiary/aromatic N) is 2. The molecule has 0 saturated carbocycles. The van der Waals surface area contributed by atoms with Crippen molar-refractivity contribution >= 4 is 23.5 Å². The van der Waals surface area contributed by atoms with Gasteiger partial charge in [0.25, 0.3) is 0 Å². The van der Waals surface area contributed by atoms with Crippen LogP contribution in [0.3, 0.4) is 0 Å². The van der Waals surface area contributed by atoms with Crippen molar-refractivity contribution < 1.29 is 19.0 Å². The van der Waals surface area contributed by atoms with Crippen molar-refractivity contribution in [3.05, 3.63) is 60.0 Å². The maximum absolute atomic E-state index is 12.3. The minimum Gasteiger partial charge on any atom is -0.497 e. The molecule has 0 bridgehead atoms. The van der Waals surface area contributed by atoms with E-state index in [1.807, 2.05) is 60.9 Å². The van der Waals surface area contributed by atoms with Crippen LogP contribution in [0, 0.1) is 0 Å². The first kappa shape index (κ1) is 21.1. The van der Waals surface area contributed by atoms with E-state index in [2.05, 4.69) is 10.3 Å². The molecule has 7 nitrogen and oxygen atoms in total. The summed E-state index contributed by atoms with van der Waals surface area (Å²) in [6.45, 7) is 3.96. The summed E-state index contributed by atoms with van der Waals surface area (Å²) in [6.07, 6.45) is 1.77. The van der Waals surface area contributed by atoms with Gasteiger partial charge < -0.3 is 19.5 Å². The predicted octanol–water partition coefficient (Wildman–Crippen LogP) is 4.45. The van der Waals surface area contributed by atoms with Crippen LogP contribution in [0.5, 0.6) is 17.2 Å². The largest absolute Gasteiger partial charge is 0.497 e. The van der Waals surface area contributed by atoms with E-state index in [0.717, 1.165) is 22.7 Å². The van der Waals surface area contributed by atoms with Gasteiger partial charge in [-0.1, -0.05) is 6.07 Å². The molecule has 1 atom stereocenters. The van der Waals surface area contributed by atoms with Gasteiger partial charge in [-0.25, -0.2) is 4.98 Å². The first-order valence-corrected chi connectivity index (χ1v) is 11.0. The lowest BCUT2D eigenvalue weighted by Crippen LogP contribution is -2.12. The molecule has 0 spiro atoms. The van der Waals surface area contributed by atoms with Gasteiger partial charge >= 0.3 is 0 Å². The molecule has 2 aromatic carbocycles. The number of aromatic nitrogens is 2. The van der Waals surface area contributed by atoms with Crippen LogP contribution in [-0.2, 0) is 4.79 Å². The molecular weight excluding hydrogens is 414 g/mol. The molecule has 0 aliphatic carbocycles. The first-order valence-electron chi connectivity index (χ1n) is 9.98. The Balaban J connectivity index is 1.80. The summed E-state index contributed by atoms with van der Waals surface area (Å²) < 4.78 is 18.7. The third kappa shape index (κ3) is 4.34. The fraction of sp³-hybridized carbons (Fsp3) is 0.304. The van der Waals surface area contributed by atoms with Crippen molar-refractivity contribution in [1.29, 1.82) is 0 Å². The monoisotopic (exact) mass is 439 g/mol. The van der Waals surface area contributed by atoms with E-state index in [9.17, 15) is 4.79 Å². The Labute approximate surface area is 185 Å². The van der Waals surface area contributed by atoms with Gasteiger partial charge in [-0.3, -0.25) is 9.36 Å². The summed E-state index contributed by atoms with van der Waals surface area (Å²) in [5, 5.41) is 2.80. The van der Waals surface area contributed by atoms with Gasteiger partial charge in [-0.2, -0.15) is 0 Å². The van der Waals surface area contributed by atoms with Crippen molar-refractivity contribution in [1.82, 2.24) is 9.55 Å². The Morgan fingerprint density at radius 1 is 1.10 bits per heavy atom. The number of methoxy groups -OCH3 is 2. The summed E-state index contributed by atoms with van der Waals surface area (Å²) in [6, 6.07) is 13.6. The molecule has 1 amide bonds. The van der Waals surface area contributed by atoms with E-state index in [1.54, 1.807) is 32.3 Å². The average molecular weight is 440 g/mol. The molecular formula is C23H25N3O4S. The Morgan fingerprint density at radius 3 is 2.55 bits per heavy atom. The number of thioether (sulfide) groups is 1. The lowest BCUT2D eigenvalue weighted by atomic mass is 10.1. The highest BCUT2D eigenvalue weighted by Crippen LogP contribution is 2.44. The Kier molecular flexibility index (Phi) is 6.08. The van der Waals surface area contributed by atoms with E-state index in [-0.39, 0.29) is 17.3 Å². The maximum Gasteiger partial charge on any atom is 0.235 e. The SMILES string of the molecule is COc1ccc(-n2cnc3c2[C@@H](c2ccc(OC(C)C)c(OC)c2)SCC(=O)N3)cc1. The number of anilines is 1. The van der Waals surface area contributed by atoms with Crippen LogP contribution in [-0.4, -0.2) is 41.5 Å². The Morgan fingerprint density at radius 2 is 1.87 bits per heavy atom. The van der Waals surface area contributed by atoms with Gasteiger partial charge in [0, 0.05) is 5.69 Å². The fourth-order valence-corrected chi connectivity index (χ4v) is 4.62. The Bertz CT molecular complexity index is 1080. The molecule has 31 heavy (non-hydrogen) atoms. The number of imidazole rings is 1. The van der Waals surface area contributed by atoms with Crippen LogP contribution in [0.4, 0.5) is 5.82 Å². The smallest absolute Gasteiger partial charge is 0.235 e. The van der Waals surface area contributed by atoms with Gasteiger partial charge in [-0.05, 0) is 55.8 Å². The van der Waals surface area contributed by atoms with Gasteiger partial charge in [0.1, 0.15) is 12.1 Å². The summed E-state index contributed by atoms with van der Waals surface area (Å²) in [5.74, 6) is 2.96. The van der Waals surface area contributed by atoms with E-state index >= 15 is 0 Å². The molecule has 3 aromatic rings. The molecule has 4 rings (SSSR count). The number of amides is 1. The predicted molar refractivity (Wildman–Crippen MR) is 122 cm³/mol. The number of nitrogens with one attached hydrogen (secondary N) is 1. The van der Waals surface area contributed by atoms with Crippen molar-refractivity contribution in [3.63, 3.8) is 0 Å². The van der Waals surface area contributed by atoms with Crippen LogP contribution >= 0.6 is 11.8 Å².